The van der Waals surface area contributed by atoms with Crippen LogP contribution in [-0.4, -0.2) is 14.7 Å². The number of aryl methyl sites for hydroxylation is 4. The minimum atomic E-state index is -2.02. The number of hydrogen-bond acceptors (Lipinski definition) is 3. The highest BCUT2D eigenvalue weighted by atomic mass is 32.1. The van der Waals surface area contributed by atoms with Crippen LogP contribution in [0.4, 0.5) is 0 Å². The molecule has 0 bridgehead atoms. The van der Waals surface area contributed by atoms with Crippen molar-refractivity contribution in [1.29, 1.82) is 0 Å². The van der Waals surface area contributed by atoms with Crippen LogP contribution in [0.3, 0.4) is 0 Å². The second-order valence-corrected chi connectivity index (χ2v) is 18.2. The summed E-state index contributed by atoms with van der Waals surface area (Å²) >= 11 is 3.98. The van der Waals surface area contributed by atoms with Gasteiger partial charge in [0, 0.05) is 25.0 Å². The molecule has 0 unspecified atom stereocenters. The Hall–Kier alpha value is -1.62. The number of hydrogen-bond donors (Lipinski definition) is 0. The van der Waals surface area contributed by atoms with Gasteiger partial charge in [0.1, 0.15) is 12.4 Å². The fraction of sp³-hybridized carbons (Fsp3) is 0.500. The number of fused-ring (bicyclic) bond motifs is 3. The molecular weight excluding hydrogens is 493 g/mol. The Morgan fingerprint density at radius 3 is 2.00 bits per heavy atom. The van der Waals surface area contributed by atoms with Crippen LogP contribution < -0.4 is 9.92 Å². The van der Waals surface area contributed by atoms with Gasteiger partial charge in [0.05, 0.1) is 8.07 Å². The minimum Gasteiger partial charge on any atom is -0.489 e. The van der Waals surface area contributed by atoms with E-state index in [1.165, 1.54) is 86.5 Å². The minimum absolute atomic E-state index is 0.484. The maximum Gasteiger partial charge on any atom is 0.122 e. The zero-order valence-corrected chi connectivity index (χ0v) is 25.9. The Labute approximate surface area is 228 Å². The third-order valence-electron chi connectivity index (χ3n) is 7.70. The third-order valence-corrected chi connectivity index (χ3v) is 13.8. The van der Waals surface area contributed by atoms with E-state index in [-0.39, 0.29) is 0 Å². The van der Waals surface area contributed by atoms with Crippen molar-refractivity contribution in [2.45, 2.75) is 97.7 Å². The van der Waals surface area contributed by atoms with Crippen molar-refractivity contribution in [1.82, 2.24) is 0 Å². The monoisotopic (exact) mass is 536 g/mol. The number of benzene rings is 1. The van der Waals surface area contributed by atoms with Gasteiger partial charge in [-0.25, -0.2) is 0 Å². The summed E-state index contributed by atoms with van der Waals surface area (Å²) in [5, 5.41) is 1.52. The summed E-state index contributed by atoms with van der Waals surface area (Å²) in [6.45, 7) is 18.9. The molecule has 0 saturated heterocycles. The smallest absolute Gasteiger partial charge is 0.122 e. The maximum atomic E-state index is 6.58. The molecule has 1 aliphatic rings. The van der Waals surface area contributed by atoms with Gasteiger partial charge in [-0.05, 0) is 79.1 Å². The van der Waals surface area contributed by atoms with Crippen LogP contribution in [0, 0.1) is 13.8 Å². The molecule has 194 valence electrons. The second kappa shape index (κ2) is 11.8. The van der Waals surface area contributed by atoms with Gasteiger partial charge in [0.15, 0.2) is 0 Å². The third kappa shape index (κ3) is 5.46. The van der Waals surface area contributed by atoms with Gasteiger partial charge >= 0.3 is 0 Å². The molecule has 0 atom stereocenters. The fourth-order valence-corrected chi connectivity index (χ4v) is 12.2. The number of rotatable bonds is 13. The van der Waals surface area contributed by atoms with E-state index >= 15 is 0 Å². The first-order chi connectivity index (χ1) is 17.3. The van der Waals surface area contributed by atoms with E-state index in [2.05, 4.69) is 71.6 Å². The van der Waals surface area contributed by atoms with E-state index < -0.39 is 8.07 Å². The Kier molecular flexibility index (Phi) is 9.01. The standard InChI is InChI=1S/C32H44OS2Si/c1-8-11-13-15-24-20-25(16-14-12-9-2)29(33-17-10-3)28(21-24)36(6,7)32-26-18-22(4)34-30(26)31-27(32)19-23(5)35-31/h10,18-21,32H,3,8-9,11-17H2,1-2,4-7H3. The van der Waals surface area contributed by atoms with Crippen molar-refractivity contribution in [3.8, 4) is 15.5 Å². The summed E-state index contributed by atoms with van der Waals surface area (Å²) < 4.78 is 6.58. The second-order valence-electron chi connectivity index (χ2n) is 11.1. The van der Waals surface area contributed by atoms with Gasteiger partial charge in [-0.1, -0.05) is 77.4 Å². The fourth-order valence-electron chi connectivity index (χ4n) is 5.97. The lowest BCUT2D eigenvalue weighted by Crippen LogP contribution is -2.48. The van der Waals surface area contributed by atoms with Crippen molar-refractivity contribution in [2.24, 2.45) is 0 Å². The first kappa shape index (κ1) is 27.4. The Morgan fingerprint density at radius 1 is 0.861 bits per heavy atom. The quantitative estimate of drug-likeness (QED) is 0.120. The summed E-state index contributed by atoms with van der Waals surface area (Å²) in [6, 6.07) is 10.0. The molecule has 36 heavy (non-hydrogen) atoms. The predicted molar refractivity (Wildman–Crippen MR) is 165 cm³/mol. The first-order valence-corrected chi connectivity index (χ1v) is 18.6. The van der Waals surface area contributed by atoms with Gasteiger partial charge in [-0.2, -0.15) is 0 Å². The van der Waals surface area contributed by atoms with Crippen LogP contribution in [0.15, 0.2) is 36.9 Å². The highest BCUT2D eigenvalue weighted by Crippen LogP contribution is 2.55. The molecule has 4 rings (SSSR count). The van der Waals surface area contributed by atoms with Crippen LogP contribution in [0.1, 0.15) is 89.9 Å². The number of thiophene rings is 2. The molecule has 0 saturated carbocycles. The number of unbranched alkanes of at least 4 members (excludes halogenated alkanes) is 4. The van der Waals surface area contributed by atoms with Crippen LogP contribution >= 0.6 is 22.7 Å². The van der Waals surface area contributed by atoms with E-state index in [0.717, 1.165) is 6.42 Å². The molecule has 3 aromatic rings. The lowest BCUT2D eigenvalue weighted by molar-refractivity contribution is 0.361. The van der Waals surface area contributed by atoms with Crippen molar-refractivity contribution < 1.29 is 4.74 Å². The van der Waals surface area contributed by atoms with Crippen molar-refractivity contribution >= 4 is 35.9 Å². The lowest BCUT2D eigenvalue weighted by Gasteiger charge is -2.34. The summed E-state index contributed by atoms with van der Waals surface area (Å²) in [5.41, 5.74) is 6.58. The van der Waals surface area contributed by atoms with Crippen LogP contribution in [0.2, 0.25) is 13.1 Å². The molecule has 0 amide bonds. The van der Waals surface area contributed by atoms with Gasteiger partial charge in [0.25, 0.3) is 0 Å². The average molecular weight is 537 g/mol. The van der Waals surface area contributed by atoms with E-state index in [1.807, 2.05) is 28.7 Å². The van der Waals surface area contributed by atoms with Crippen molar-refractivity contribution in [3.63, 3.8) is 0 Å². The van der Waals surface area contributed by atoms with Gasteiger partial charge in [-0.15, -0.1) is 22.7 Å². The van der Waals surface area contributed by atoms with Crippen LogP contribution in [0.25, 0.3) is 9.75 Å². The largest absolute Gasteiger partial charge is 0.489 e. The van der Waals surface area contributed by atoms with Crippen molar-refractivity contribution in [3.05, 3.63) is 68.9 Å². The van der Waals surface area contributed by atoms with Gasteiger partial charge in [-0.3, -0.25) is 0 Å². The van der Waals surface area contributed by atoms with E-state index in [9.17, 15) is 0 Å². The molecule has 2 heterocycles. The molecule has 1 aliphatic carbocycles. The number of ether oxygens (including phenoxy) is 1. The maximum absolute atomic E-state index is 6.58. The molecule has 0 fully saturated rings. The highest BCUT2D eigenvalue weighted by molar-refractivity contribution is 7.23. The molecule has 1 aromatic carbocycles. The first-order valence-electron chi connectivity index (χ1n) is 13.9. The molecule has 4 heteroatoms. The molecule has 0 N–H and O–H groups in total. The summed E-state index contributed by atoms with van der Waals surface area (Å²) in [6.07, 6.45) is 11.8. The Balaban J connectivity index is 1.86. The SMILES string of the molecule is C=CCOc1c(CCCCC)cc(CCCCC)cc1[Si](C)(C)C1c2cc(C)sc2-c2sc(C)cc21. The average Bonchev–Trinajstić information content (AvgIpc) is 3.47. The lowest BCUT2D eigenvalue weighted by atomic mass is 10.00. The zero-order valence-electron chi connectivity index (χ0n) is 23.3. The summed E-state index contributed by atoms with van der Waals surface area (Å²) in [4.78, 5) is 5.93. The topological polar surface area (TPSA) is 9.23 Å². The van der Waals surface area contributed by atoms with E-state index in [0.29, 0.717) is 12.1 Å². The Morgan fingerprint density at radius 2 is 1.44 bits per heavy atom. The Bertz CT molecular complexity index is 1150. The predicted octanol–water partition coefficient (Wildman–Crippen LogP) is 9.72. The van der Waals surface area contributed by atoms with Crippen LogP contribution in [-0.2, 0) is 12.8 Å². The van der Waals surface area contributed by atoms with Crippen LogP contribution in [0.5, 0.6) is 5.75 Å². The molecule has 0 radical (unpaired) electrons. The molecule has 0 aliphatic heterocycles. The summed E-state index contributed by atoms with van der Waals surface area (Å²) in [5.74, 6) is 1.18. The van der Waals surface area contributed by atoms with Gasteiger partial charge in [0.2, 0.25) is 0 Å². The highest BCUT2D eigenvalue weighted by Gasteiger charge is 2.45. The molecule has 1 nitrogen and oxygen atoms in total. The molecule has 0 spiro atoms. The normalized spacial score (nSPS) is 13.2. The zero-order chi connectivity index (χ0) is 25.9. The summed E-state index contributed by atoms with van der Waals surface area (Å²) in [7, 11) is -2.02. The molecule has 2 aromatic heterocycles. The van der Waals surface area contributed by atoms with E-state index in [1.54, 1.807) is 11.1 Å². The van der Waals surface area contributed by atoms with Crippen molar-refractivity contribution in [2.75, 3.05) is 6.61 Å². The van der Waals surface area contributed by atoms with Gasteiger partial charge < -0.3 is 4.74 Å². The van der Waals surface area contributed by atoms with E-state index in [4.69, 9.17) is 4.74 Å². The molecular formula is C32H44OS2Si.